The van der Waals surface area contributed by atoms with Gasteiger partial charge >= 0.3 is 5.97 Å². The van der Waals surface area contributed by atoms with Gasteiger partial charge in [0.2, 0.25) is 6.79 Å². The molecule has 1 aliphatic heterocycles. The number of ether oxygens (including phenoxy) is 2. The highest BCUT2D eigenvalue weighted by molar-refractivity contribution is 6.04. The molecule has 0 spiro atoms. The molecule has 0 saturated heterocycles. The monoisotopic (exact) mass is 350 g/mol. The number of carboxylic acids is 1. The number of pyridine rings is 1. The molecule has 0 aliphatic carbocycles. The average molecular weight is 350 g/mol. The van der Waals surface area contributed by atoms with E-state index in [2.05, 4.69) is 16.2 Å². The fourth-order valence-corrected chi connectivity index (χ4v) is 3.04. The topological polar surface area (TPSA) is 110 Å². The van der Waals surface area contributed by atoms with Crippen molar-refractivity contribution in [2.45, 2.75) is 19.9 Å². The van der Waals surface area contributed by atoms with Gasteiger partial charge in [-0.3, -0.25) is 0 Å². The van der Waals surface area contributed by atoms with E-state index in [1.165, 1.54) is 6.07 Å². The van der Waals surface area contributed by atoms with Crippen molar-refractivity contribution in [1.82, 2.24) is 14.8 Å². The number of carboxylic acid groups (broad SMARTS) is 1. The molecule has 0 fully saturated rings. The Morgan fingerprint density at radius 1 is 1.35 bits per heavy atom. The van der Waals surface area contributed by atoms with Gasteiger partial charge in [-0.15, -0.1) is 0 Å². The molecule has 8 nitrogen and oxygen atoms in total. The van der Waals surface area contributed by atoms with E-state index in [0.717, 1.165) is 0 Å². The summed E-state index contributed by atoms with van der Waals surface area (Å²) in [5.74, 6) is 0.181. The second-order valence-electron chi connectivity index (χ2n) is 5.84. The summed E-state index contributed by atoms with van der Waals surface area (Å²) in [4.78, 5) is 16.4. The molecule has 3 aromatic rings. The van der Waals surface area contributed by atoms with E-state index in [4.69, 9.17) is 14.7 Å². The Balaban J connectivity index is 1.93. The van der Waals surface area contributed by atoms with Gasteiger partial charge in [0.15, 0.2) is 17.1 Å². The second-order valence-corrected chi connectivity index (χ2v) is 5.84. The first-order valence-corrected chi connectivity index (χ1v) is 7.97. The summed E-state index contributed by atoms with van der Waals surface area (Å²) in [6.45, 7) is 2.24. The third-order valence-electron chi connectivity index (χ3n) is 4.21. The lowest BCUT2D eigenvalue weighted by molar-refractivity contribution is 0.0699. The highest BCUT2D eigenvalue weighted by Gasteiger charge is 2.21. The van der Waals surface area contributed by atoms with Crippen LogP contribution in [0.4, 0.5) is 0 Å². The van der Waals surface area contributed by atoms with Gasteiger partial charge in [0, 0.05) is 5.56 Å². The van der Waals surface area contributed by atoms with Gasteiger partial charge in [-0.2, -0.15) is 10.4 Å². The minimum absolute atomic E-state index is 0.128. The number of fused-ring (bicyclic) bond motifs is 2. The Kier molecular flexibility index (Phi) is 3.69. The van der Waals surface area contributed by atoms with E-state index >= 15 is 0 Å². The van der Waals surface area contributed by atoms with Crippen LogP contribution in [0.2, 0.25) is 0 Å². The minimum atomic E-state index is -1.05. The number of nitrogens with zero attached hydrogens (tertiary/aromatic N) is 4. The van der Waals surface area contributed by atoms with Crippen molar-refractivity contribution >= 4 is 17.0 Å². The molecule has 0 radical (unpaired) electrons. The maximum Gasteiger partial charge on any atom is 0.336 e. The van der Waals surface area contributed by atoms with Crippen LogP contribution in [0.15, 0.2) is 24.3 Å². The van der Waals surface area contributed by atoms with Crippen molar-refractivity contribution in [3.63, 3.8) is 0 Å². The number of aromatic carboxylic acids is 1. The van der Waals surface area contributed by atoms with Crippen LogP contribution in [-0.4, -0.2) is 32.6 Å². The maximum atomic E-state index is 11.8. The highest BCUT2D eigenvalue weighted by atomic mass is 16.7. The lowest BCUT2D eigenvalue weighted by atomic mass is 10.1. The number of aromatic nitrogens is 3. The van der Waals surface area contributed by atoms with Crippen molar-refractivity contribution in [3.8, 4) is 28.8 Å². The van der Waals surface area contributed by atoms with Crippen molar-refractivity contribution in [2.24, 2.45) is 0 Å². The van der Waals surface area contributed by atoms with Gasteiger partial charge in [-0.1, -0.05) is 0 Å². The van der Waals surface area contributed by atoms with Crippen LogP contribution >= 0.6 is 0 Å². The third kappa shape index (κ3) is 2.50. The van der Waals surface area contributed by atoms with Crippen molar-refractivity contribution < 1.29 is 19.4 Å². The first-order valence-electron chi connectivity index (χ1n) is 7.97. The van der Waals surface area contributed by atoms with E-state index in [9.17, 15) is 9.90 Å². The summed E-state index contributed by atoms with van der Waals surface area (Å²) in [6, 6.07) is 8.94. The Morgan fingerprint density at radius 2 is 2.15 bits per heavy atom. The molecule has 26 heavy (non-hydrogen) atoms. The zero-order valence-electron chi connectivity index (χ0n) is 13.9. The third-order valence-corrected chi connectivity index (χ3v) is 4.21. The number of aryl methyl sites for hydroxylation is 2. The Labute approximate surface area is 148 Å². The van der Waals surface area contributed by atoms with E-state index in [1.54, 1.807) is 29.8 Å². The van der Waals surface area contributed by atoms with Crippen LogP contribution in [-0.2, 0) is 6.54 Å². The Bertz CT molecular complexity index is 1080. The van der Waals surface area contributed by atoms with Crippen LogP contribution in [0, 0.1) is 18.3 Å². The molecule has 130 valence electrons. The number of hydrogen-bond donors (Lipinski definition) is 1. The molecule has 0 amide bonds. The van der Waals surface area contributed by atoms with Crippen LogP contribution in [0.25, 0.3) is 22.3 Å². The molecule has 2 aromatic heterocycles. The predicted molar refractivity (Wildman–Crippen MR) is 91.0 cm³/mol. The Morgan fingerprint density at radius 3 is 2.92 bits per heavy atom. The molecule has 8 heteroatoms. The summed E-state index contributed by atoms with van der Waals surface area (Å²) < 4.78 is 12.3. The van der Waals surface area contributed by atoms with Gasteiger partial charge in [-0.25, -0.2) is 14.5 Å². The van der Waals surface area contributed by atoms with E-state index in [1.807, 2.05) is 0 Å². The summed E-state index contributed by atoms with van der Waals surface area (Å²) in [6.07, 6.45) is 0.258. The minimum Gasteiger partial charge on any atom is -0.478 e. The second kappa shape index (κ2) is 6.04. The number of benzene rings is 1. The summed E-state index contributed by atoms with van der Waals surface area (Å²) >= 11 is 0. The number of rotatable bonds is 4. The SMILES string of the molecule is Cc1nn(CCC#N)c2nc(-c3ccc4c(c3)OCO4)cc(C(=O)O)c12. The molecular weight excluding hydrogens is 336 g/mol. The molecule has 1 aliphatic rings. The molecule has 0 saturated carbocycles. The van der Waals surface area contributed by atoms with Gasteiger partial charge in [0.1, 0.15) is 0 Å². The van der Waals surface area contributed by atoms with E-state index in [-0.39, 0.29) is 18.8 Å². The molecule has 1 aromatic carbocycles. The maximum absolute atomic E-state index is 11.8. The Hall–Kier alpha value is -3.60. The standard InChI is InChI=1S/C18H14N4O4/c1-10-16-12(18(23)24)8-13(20-17(16)22(21-10)6-2-5-19)11-3-4-14-15(7-11)26-9-25-14/h3-4,7-8H,2,6,9H2,1H3,(H,23,24). The first-order chi connectivity index (χ1) is 12.6. The van der Waals surface area contributed by atoms with Crippen LogP contribution in [0.3, 0.4) is 0 Å². The van der Waals surface area contributed by atoms with Crippen molar-refractivity contribution in [2.75, 3.05) is 6.79 Å². The molecule has 0 bridgehead atoms. The van der Waals surface area contributed by atoms with Crippen LogP contribution < -0.4 is 9.47 Å². The molecule has 0 unspecified atom stereocenters. The number of nitriles is 1. The van der Waals surface area contributed by atoms with Crippen LogP contribution in [0.1, 0.15) is 22.5 Å². The predicted octanol–water partition coefficient (Wildman–Crippen LogP) is 2.75. The smallest absolute Gasteiger partial charge is 0.336 e. The fraction of sp³-hybridized carbons (Fsp3) is 0.222. The van der Waals surface area contributed by atoms with Gasteiger partial charge in [0.25, 0.3) is 0 Å². The van der Waals surface area contributed by atoms with E-state index in [0.29, 0.717) is 46.0 Å². The van der Waals surface area contributed by atoms with Gasteiger partial charge in [-0.05, 0) is 31.2 Å². The highest BCUT2D eigenvalue weighted by Crippen LogP contribution is 2.36. The molecule has 3 heterocycles. The summed E-state index contributed by atoms with van der Waals surface area (Å²) in [7, 11) is 0. The quantitative estimate of drug-likeness (QED) is 0.770. The zero-order chi connectivity index (χ0) is 18.3. The lowest BCUT2D eigenvalue weighted by Gasteiger charge is -2.07. The van der Waals surface area contributed by atoms with Gasteiger partial charge in [0.05, 0.1) is 41.4 Å². The summed E-state index contributed by atoms with van der Waals surface area (Å²) in [5.41, 5.74) is 2.35. The largest absolute Gasteiger partial charge is 0.478 e. The lowest BCUT2D eigenvalue weighted by Crippen LogP contribution is -2.04. The van der Waals surface area contributed by atoms with Gasteiger partial charge < -0.3 is 14.6 Å². The van der Waals surface area contributed by atoms with Crippen LogP contribution in [0.5, 0.6) is 11.5 Å². The molecular formula is C18H14N4O4. The normalized spacial score (nSPS) is 12.3. The zero-order valence-corrected chi connectivity index (χ0v) is 13.9. The number of hydrogen-bond acceptors (Lipinski definition) is 6. The van der Waals surface area contributed by atoms with Crippen molar-refractivity contribution in [3.05, 3.63) is 35.5 Å². The fourth-order valence-electron chi connectivity index (χ4n) is 3.04. The molecule has 0 atom stereocenters. The van der Waals surface area contributed by atoms with Crippen molar-refractivity contribution in [1.29, 1.82) is 5.26 Å². The average Bonchev–Trinajstić information content (AvgIpc) is 3.23. The van der Waals surface area contributed by atoms with E-state index < -0.39 is 5.97 Å². The summed E-state index contributed by atoms with van der Waals surface area (Å²) in [5, 5.41) is 23.3. The number of carbonyl (C=O) groups is 1. The molecule has 1 N–H and O–H groups in total. The molecule has 4 rings (SSSR count). The first kappa shape index (κ1) is 15.9.